The number of thiazole rings is 1. The molecule has 1 unspecified atom stereocenters. The number of nitrogens with zero attached hydrogens (tertiary/aromatic N) is 3. The lowest BCUT2D eigenvalue weighted by Crippen LogP contribution is -2.29. The van der Waals surface area contributed by atoms with Gasteiger partial charge in [-0.15, -0.1) is 0 Å². The third-order valence-corrected chi connectivity index (χ3v) is 6.95. The number of ketones is 1. The maximum atomic E-state index is 14.0. The molecule has 0 aliphatic carbocycles. The van der Waals surface area contributed by atoms with Crippen molar-refractivity contribution in [1.82, 2.24) is 9.97 Å². The number of rotatable bonds is 4. The summed E-state index contributed by atoms with van der Waals surface area (Å²) in [6.07, 6.45) is 1.52. The first-order valence-corrected chi connectivity index (χ1v) is 11.6. The third-order valence-electron chi connectivity index (χ3n) is 5.65. The summed E-state index contributed by atoms with van der Waals surface area (Å²) in [6.45, 7) is 1.83. The Kier molecular flexibility index (Phi) is 5.74. The number of aryl methyl sites for hydroxylation is 1. The second kappa shape index (κ2) is 8.75. The normalized spacial score (nSPS) is 17.4. The minimum absolute atomic E-state index is 0.107. The lowest BCUT2D eigenvalue weighted by Gasteiger charge is -2.22. The van der Waals surface area contributed by atoms with E-state index in [4.69, 9.17) is 16.3 Å². The maximum absolute atomic E-state index is 14.0. The predicted molar refractivity (Wildman–Crippen MR) is 131 cm³/mol. The van der Waals surface area contributed by atoms with Gasteiger partial charge in [0, 0.05) is 6.20 Å². The minimum atomic E-state index is -1.07. The van der Waals surface area contributed by atoms with Gasteiger partial charge in [0.25, 0.3) is 5.78 Å². The number of halogens is 2. The third kappa shape index (κ3) is 3.82. The van der Waals surface area contributed by atoms with Crippen molar-refractivity contribution in [2.24, 2.45) is 0 Å². The zero-order valence-corrected chi connectivity index (χ0v) is 20.0. The van der Waals surface area contributed by atoms with Crippen molar-refractivity contribution >= 4 is 55.7 Å². The van der Waals surface area contributed by atoms with Crippen LogP contribution in [0.2, 0.25) is 5.02 Å². The number of pyridine rings is 1. The Morgan fingerprint density at radius 3 is 2.71 bits per heavy atom. The molecule has 1 atom stereocenters. The number of amides is 1. The molecule has 10 heteroatoms. The zero-order valence-electron chi connectivity index (χ0n) is 18.5. The molecule has 1 fully saturated rings. The monoisotopic (exact) mass is 509 g/mol. The van der Waals surface area contributed by atoms with E-state index in [1.54, 1.807) is 36.4 Å². The first-order valence-electron chi connectivity index (χ1n) is 10.4. The summed E-state index contributed by atoms with van der Waals surface area (Å²) in [5.41, 5.74) is 1.66. The molecule has 0 saturated carbocycles. The number of fused-ring (bicyclic) bond motifs is 1. The molecule has 4 aromatic rings. The summed E-state index contributed by atoms with van der Waals surface area (Å²) in [6, 6.07) is 11.7. The van der Waals surface area contributed by atoms with E-state index in [0.29, 0.717) is 21.7 Å². The van der Waals surface area contributed by atoms with Gasteiger partial charge in [-0.2, -0.15) is 0 Å². The van der Waals surface area contributed by atoms with Gasteiger partial charge in [-0.05, 0) is 43.3 Å². The summed E-state index contributed by atoms with van der Waals surface area (Å²) in [4.78, 5) is 36.6. The van der Waals surface area contributed by atoms with Crippen molar-refractivity contribution in [2.45, 2.75) is 13.0 Å². The summed E-state index contributed by atoms with van der Waals surface area (Å²) in [7, 11) is 1.45. The van der Waals surface area contributed by atoms with Crippen molar-refractivity contribution in [3.63, 3.8) is 0 Å². The quantitative estimate of drug-likeness (QED) is 0.224. The molecule has 1 aliphatic rings. The van der Waals surface area contributed by atoms with E-state index < -0.39 is 29.3 Å². The number of Topliss-reactive ketones (excluding diaryl/α,β-unsaturated/α-hetero) is 1. The van der Waals surface area contributed by atoms with Crippen molar-refractivity contribution in [3.8, 4) is 5.75 Å². The first-order chi connectivity index (χ1) is 16.8. The highest BCUT2D eigenvalue weighted by Crippen LogP contribution is 2.45. The molecule has 176 valence electrons. The lowest BCUT2D eigenvalue weighted by molar-refractivity contribution is -0.132. The van der Waals surface area contributed by atoms with Crippen molar-refractivity contribution < 1.29 is 23.8 Å². The minimum Gasteiger partial charge on any atom is -0.507 e. The van der Waals surface area contributed by atoms with Gasteiger partial charge < -0.3 is 9.84 Å². The Balaban J connectivity index is 1.75. The summed E-state index contributed by atoms with van der Waals surface area (Å²) < 4.78 is 19.9. The van der Waals surface area contributed by atoms with E-state index >= 15 is 0 Å². The van der Waals surface area contributed by atoms with Crippen LogP contribution in [-0.4, -0.2) is 33.9 Å². The number of hydrogen-bond acceptors (Lipinski definition) is 7. The molecule has 1 saturated heterocycles. The van der Waals surface area contributed by atoms with Crippen LogP contribution in [0.5, 0.6) is 5.75 Å². The van der Waals surface area contributed by atoms with Gasteiger partial charge >= 0.3 is 5.91 Å². The summed E-state index contributed by atoms with van der Waals surface area (Å²) >= 11 is 6.93. The molecule has 35 heavy (non-hydrogen) atoms. The van der Waals surface area contributed by atoms with Gasteiger partial charge in [-0.25, -0.2) is 9.37 Å². The molecule has 1 aliphatic heterocycles. The Labute approximate surface area is 208 Å². The second-order valence-corrected chi connectivity index (χ2v) is 9.27. The highest BCUT2D eigenvalue weighted by Gasteiger charge is 2.49. The maximum Gasteiger partial charge on any atom is 0.301 e. The predicted octanol–water partition coefficient (Wildman–Crippen LogP) is 5.43. The molecule has 2 aromatic carbocycles. The zero-order chi connectivity index (χ0) is 24.9. The Hall–Kier alpha value is -3.82. The van der Waals surface area contributed by atoms with Gasteiger partial charge in [-0.3, -0.25) is 19.5 Å². The number of methoxy groups -OCH3 is 1. The molecule has 5 rings (SSSR count). The fourth-order valence-electron chi connectivity index (χ4n) is 4.01. The van der Waals surface area contributed by atoms with Crippen LogP contribution in [-0.2, 0) is 9.59 Å². The van der Waals surface area contributed by atoms with Crippen LogP contribution in [0.15, 0.2) is 60.3 Å². The molecule has 1 amide bonds. The smallest absolute Gasteiger partial charge is 0.301 e. The van der Waals surface area contributed by atoms with Gasteiger partial charge in [0.2, 0.25) is 0 Å². The van der Waals surface area contributed by atoms with Crippen LogP contribution in [0, 0.1) is 12.7 Å². The van der Waals surface area contributed by atoms with Crippen LogP contribution in [0.3, 0.4) is 0 Å². The second-order valence-electron chi connectivity index (χ2n) is 7.86. The number of hydrogen-bond donors (Lipinski definition) is 1. The van der Waals surface area contributed by atoms with Crippen LogP contribution in [0.4, 0.5) is 9.52 Å². The molecule has 2 aromatic heterocycles. The average molecular weight is 510 g/mol. The highest BCUT2D eigenvalue weighted by atomic mass is 35.5. The van der Waals surface area contributed by atoms with Crippen molar-refractivity contribution in [2.75, 3.05) is 12.0 Å². The van der Waals surface area contributed by atoms with Gasteiger partial charge in [-0.1, -0.05) is 40.6 Å². The molecular formula is C25H17ClFN3O4S. The Bertz CT molecular complexity index is 1500. The van der Waals surface area contributed by atoms with E-state index in [-0.39, 0.29) is 21.3 Å². The Morgan fingerprint density at radius 2 is 2.00 bits per heavy atom. The largest absolute Gasteiger partial charge is 0.507 e. The van der Waals surface area contributed by atoms with Gasteiger partial charge in [0.05, 0.1) is 39.2 Å². The lowest BCUT2D eigenvalue weighted by atomic mass is 9.97. The van der Waals surface area contributed by atoms with Gasteiger partial charge in [0.15, 0.2) is 5.13 Å². The number of anilines is 1. The number of carbonyl (C=O) groups is 2. The van der Waals surface area contributed by atoms with E-state index in [1.807, 2.05) is 6.92 Å². The molecule has 0 radical (unpaired) electrons. The molecule has 0 bridgehead atoms. The van der Waals surface area contributed by atoms with E-state index in [0.717, 1.165) is 16.9 Å². The number of ether oxygens (including phenoxy) is 1. The molecule has 1 N–H and O–H groups in total. The molecule has 0 spiro atoms. The fourth-order valence-corrected chi connectivity index (χ4v) is 5.17. The molecule has 7 nitrogen and oxygen atoms in total. The molecule has 3 heterocycles. The number of benzene rings is 2. The van der Waals surface area contributed by atoms with Crippen molar-refractivity contribution in [1.29, 1.82) is 0 Å². The highest BCUT2D eigenvalue weighted by molar-refractivity contribution is 7.22. The van der Waals surface area contributed by atoms with Crippen LogP contribution in [0.1, 0.15) is 22.9 Å². The van der Waals surface area contributed by atoms with E-state index in [1.165, 1.54) is 30.3 Å². The number of aromatic nitrogens is 2. The fraction of sp³-hybridized carbons (Fsp3) is 0.120. The number of aliphatic hydroxyl groups is 1. The topological polar surface area (TPSA) is 92.6 Å². The van der Waals surface area contributed by atoms with Gasteiger partial charge in [0.1, 0.15) is 23.4 Å². The Morgan fingerprint density at radius 1 is 1.20 bits per heavy atom. The standard InChI is InChI=1S/C25H17ClFN3O4S/c1-12-6-7-18(34-2)13(9-12)22(31)20-21(16-5-3-4-8-28-16)30(24(33)23(20)32)25-29-17-10-14(26)15(27)11-19(17)35-25/h3-11,21,31H,1-2H3/b22-20+. The van der Waals surface area contributed by atoms with Crippen LogP contribution >= 0.6 is 22.9 Å². The van der Waals surface area contributed by atoms with E-state index in [9.17, 15) is 19.1 Å². The van der Waals surface area contributed by atoms with Crippen LogP contribution in [0.25, 0.3) is 16.0 Å². The van der Waals surface area contributed by atoms with Crippen molar-refractivity contribution in [3.05, 3.63) is 88.0 Å². The average Bonchev–Trinajstić information content (AvgIpc) is 3.37. The summed E-state index contributed by atoms with van der Waals surface area (Å²) in [5.74, 6) is -2.46. The molecular weight excluding hydrogens is 493 g/mol. The van der Waals surface area contributed by atoms with E-state index in [2.05, 4.69) is 9.97 Å². The first kappa shape index (κ1) is 22.9. The SMILES string of the molecule is COc1ccc(C)cc1/C(O)=C1\C(=O)C(=O)N(c2nc3cc(Cl)c(F)cc3s2)C1c1ccccn1. The number of aliphatic hydroxyl groups excluding tert-OH is 1. The summed E-state index contributed by atoms with van der Waals surface area (Å²) in [5, 5.41) is 11.4. The number of carbonyl (C=O) groups excluding carboxylic acids is 2. The van der Waals surface area contributed by atoms with Crippen LogP contribution < -0.4 is 9.64 Å².